The van der Waals surface area contributed by atoms with E-state index in [0.717, 1.165) is 43.4 Å². The molecule has 2 rings (SSSR count). The molecule has 2 heterocycles. The largest absolute Gasteiger partial charge is 0.387 e. The van der Waals surface area contributed by atoms with Gasteiger partial charge in [-0.05, 0) is 26.7 Å². The summed E-state index contributed by atoms with van der Waals surface area (Å²) in [5.41, 5.74) is 0.767. The molecule has 0 saturated carbocycles. The number of rotatable bonds is 4. The minimum Gasteiger partial charge on any atom is -0.387 e. The molecule has 0 spiro atoms. The number of anilines is 1. The SMILES string of the molecule is CCOC1CCCN(c2nc(C(C)O)cs2)C1. The molecule has 1 N–H and O–H groups in total. The van der Waals surface area contributed by atoms with E-state index in [1.54, 1.807) is 18.3 Å². The summed E-state index contributed by atoms with van der Waals surface area (Å²) in [5, 5.41) is 12.4. The van der Waals surface area contributed by atoms with Gasteiger partial charge in [0.1, 0.15) is 0 Å². The Morgan fingerprint density at radius 3 is 3.18 bits per heavy atom. The number of ether oxygens (including phenoxy) is 1. The van der Waals surface area contributed by atoms with Gasteiger partial charge in [0.15, 0.2) is 5.13 Å². The molecule has 4 nitrogen and oxygen atoms in total. The second-order valence-corrected chi connectivity index (χ2v) is 5.23. The van der Waals surface area contributed by atoms with Crippen LogP contribution in [-0.2, 0) is 4.74 Å². The summed E-state index contributed by atoms with van der Waals surface area (Å²) in [6.07, 6.45) is 2.13. The first-order valence-corrected chi connectivity index (χ1v) is 7.08. The third kappa shape index (κ3) is 3.18. The van der Waals surface area contributed by atoms with Crippen LogP contribution >= 0.6 is 11.3 Å². The van der Waals surface area contributed by atoms with Gasteiger partial charge in [0.05, 0.1) is 17.9 Å². The van der Waals surface area contributed by atoms with Crippen molar-refractivity contribution in [3.05, 3.63) is 11.1 Å². The molecule has 1 saturated heterocycles. The molecule has 5 heteroatoms. The van der Waals surface area contributed by atoms with Gasteiger partial charge in [-0.3, -0.25) is 0 Å². The summed E-state index contributed by atoms with van der Waals surface area (Å²) in [7, 11) is 0. The predicted molar refractivity (Wildman–Crippen MR) is 69.6 cm³/mol. The Morgan fingerprint density at radius 1 is 1.71 bits per heavy atom. The molecule has 0 bridgehead atoms. The van der Waals surface area contributed by atoms with Crippen molar-refractivity contribution in [1.82, 2.24) is 4.98 Å². The van der Waals surface area contributed by atoms with Crippen molar-refractivity contribution in [1.29, 1.82) is 0 Å². The average molecular weight is 256 g/mol. The fraction of sp³-hybridized carbons (Fsp3) is 0.750. The number of piperidine rings is 1. The highest BCUT2D eigenvalue weighted by atomic mass is 32.1. The molecular weight excluding hydrogens is 236 g/mol. The fourth-order valence-electron chi connectivity index (χ4n) is 2.10. The van der Waals surface area contributed by atoms with Crippen molar-refractivity contribution in [2.24, 2.45) is 0 Å². The maximum atomic E-state index is 9.47. The number of nitrogens with zero attached hydrogens (tertiary/aromatic N) is 2. The highest BCUT2D eigenvalue weighted by Crippen LogP contribution is 2.27. The fourth-order valence-corrected chi connectivity index (χ4v) is 3.05. The topological polar surface area (TPSA) is 45.6 Å². The third-order valence-electron chi connectivity index (χ3n) is 2.99. The number of hydrogen-bond donors (Lipinski definition) is 1. The van der Waals surface area contributed by atoms with Crippen LogP contribution in [0, 0.1) is 0 Å². The molecule has 0 aliphatic carbocycles. The van der Waals surface area contributed by atoms with Crippen LogP contribution in [0.5, 0.6) is 0 Å². The molecule has 0 aromatic carbocycles. The number of thiazole rings is 1. The van der Waals surface area contributed by atoms with Gasteiger partial charge in [0, 0.05) is 25.1 Å². The molecule has 1 aromatic rings. The van der Waals surface area contributed by atoms with E-state index in [-0.39, 0.29) is 0 Å². The lowest BCUT2D eigenvalue weighted by Gasteiger charge is -2.32. The maximum absolute atomic E-state index is 9.47. The van der Waals surface area contributed by atoms with Crippen molar-refractivity contribution in [2.75, 3.05) is 24.6 Å². The minimum absolute atomic E-state index is 0.327. The first-order valence-electron chi connectivity index (χ1n) is 6.20. The van der Waals surface area contributed by atoms with Crippen LogP contribution in [0.2, 0.25) is 0 Å². The first-order chi connectivity index (χ1) is 8.20. The number of aliphatic hydroxyl groups excluding tert-OH is 1. The lowest BCUT2D eigenvalue weighted by Crippen LogP contribution is -2.39. The zero-order chi connectivity index (χ0) is 12.3. The van der Waals surface area contributed by atoms with E-state index in [1.165, 1.54) is 0 Å². The Kier molecular flexibility index (Phi) is 4.36. The lowest BCUT2D eigenvalue weighted by atomic mass is 10.1. The second kappa shape index (κ2) is 5.80. The van der Waals surface area contributed by atoms with Crippen molar-refractivity contribution in [3.63, 3.8) is 0 Å². The molecule has 1 aliphatic heterocycles. The smallest absolute Gasteiger partial charge is 0.185 e. The summed E-state index contributed by atoms with van der Waals surface area (Å²) in [6, 6.07) is 0. The van der Waals surface area contributed by atoms with Gasteiger partial charge in [-0.25, -0.2) is 4.98 Å². The monoisotopic (exact) mass is 256 g/mol. The van der Waals surface area contributed by atoms with Crippen LogP contribution in [0.1, 0.15) is 38.5 Å². The molecule has 0 amide bonds. The van der Waals surface area contributed by atoms with E-state index < -0.39 is 6.10 Å². The van der Waals surface area contributed by atoms with Crippen LogP contribution in [-0.4, -0.2) is 35.9 Å². The standard InChI is InChI=1S/C12H20N2O2S/c1-3-16-10-5-4-6-14(7-10)12-13-11(8-17-12)9(2)15/h8-10,15H,3-7H2,1-2H3. The van der Waals surface area contributed by atoms with Crippen molar-refractivity contribution >= 4 is 16.5 Å². The average Bonchev–Trinajstić information content (AvgIpc) is 2.79. The van der Waals surface area contributed by atoms with Gasteiger partial charge in [-0.15, -0.1) is 11.3 Å². The van der Waals surface area contributed by atoms with E-state index in [1.807, 2.05) is 12.3 Å². The second-order valence-electron chi connectivity index (χ2n) is 4.40. The van der Waals surface area contributed by atoms with Gasteiger partial charge in [0.25, 0.3) is 0 Å². The molecule has 2 atom stereocenters. The quantitative estimate of drug-likeness (QED) is 0.897. The Hall–Kier alpha value is -0.650. The number of hydrogen-bond acceptors (Lipinski definition) is 5. The number of aliphatic hydroxyl groups is 1. The highest BCUT2D eigenvalue weighted by Gasteiger charge is 2.22. The molecule has 2 unspecified atom stereocenters. The molecule has 1 aromatic heterocycles. The Morgan fingerprint density at radius 2 is 2.53 bits per heavy atom. The predicted octanol–water partition coefficient (Wildman–Crippen LogP) is 2.20. The van der Waals surface area contributed by atoms with Gasteiger partial charge < -0.3 is 14.7 Å². The molecule has 96 valence electrons. The minimum atomic E-state index is -0.479. The molecule has 17 heavy (non-hydrogen) atoms. The zero-order valence-electron chi connectivity index (χ0n) is 10.4. The van der Waals surface area contributed by atoms with Crippen molar-refractivity contribution in [2.45, 2.75) is 38.9 Å². The van der Waals surface area contributed by atoms with Crippen LogP contribution in [0.15, 0.2) is 5.38 Å². The van der Waals surface area contributed by atoms with Crippen molar-refractivity contribution in [3.8, 4) is 0 Å². The number of aromatic nitrogens is 1. The van der Waals surface area contributed by atoms with E-state index in [4.69, 9.17) is 4.74 Å². The van der Waals surface area contributed by atoms with Crippen LogP contribution in [0.4, 0.5) is 5.13 Å². The maximum Gasteiger partial charge on any atom is 0.185 e. The van der Waals surface area contributed by atoms with Gasteiger partial charge in [-0.2, -0.15) is 0 Å². The van der Waals surface area contributed by atoms with E-state index >= 15 is 0 Å². The molecule has 1 fully saturated rings. The Balaban J connectivity index is 2.00. The van der Waals surface area contributed by atoms with Crippen LogP contribution in [0.25, 0.3) is 0 Å². The van der Waals surface area contributed by atoms with Gasteiger partial charge in [-0.1, -0.05) is 0 Å². The lowest BCUT2D eigenvalue weighted by molar-refractivity contribution is 0.0526. The Labute approximate surface area is 106 Å². The summed E-state index contributed by atoms with van der Waals surface area (Å²) in [5.74, 6) is 0. The van der Waals surface area contributed by atoms with E-state index in [0.29, 0.717) is 6.10 Å². The normalized spacial score (nSPS) is 22.8. The summed E-state index contributed by atoms with van der Waals surface area (Å²) >= 11 is 1.60. The van der Waals surface area contributed by atoms with Crippen LogP contribution < -0.4 is 4.90 Å². The summed E-state index contributed by atoms with van der Waals surface area (Å²) in [6.45, 7) is 6.51. The van der Waals surface area contributed by atoms with E-state index in [2.05, 4.69) is 9.88 Å². The Bertz CT molecular complexity index is 352. The van der Waals surface area contributed by atoms with Crippen molar-refractivity contribution < 1.29 is 9.84 Å². The highest BCUT2D eigenvalue weighted by molar-refractivity contribution is 7.13. The molecular formula is C12H20N2O2S. The third-order valence-corrected chi connectivity index (χ3v) is 3.91. The molecule has 0 radical (unpaired) electrons. The van der Waals surface area contributed by atoms with Gasteiger partial charge >= 0.3 is 0 Å². The van der Waals surface area contributed by atoms with Gasteiger partial charge in [0.2, 0.25) is 0 Å². The van der Waals surface area contributed by atoms with E-state index in [9.17, 15) is 5.11 Å². The first kappa shape index (κ1) is 12.8. The van der Waals surface area contributed by atoms with Crippen LogP contribution in [0.3, 0.4) is 0 Å². The zero-order valence-corrected chi connectivity index (χ0v) is 11.2. The molecule has 1 aliphatic rings. The summed E-state index contributed by atoms with van der Waals surface area (Å²) < 4.78 is 5.67. The summed E-state index contributed by atoms with van der Waals surface area (Å²) in [4.78, 5) is 6.73.